The van der Waals surface area contributed by atoms with Crippen LogP contribution in [-0.2, 0) is 4.74 Å². The summed E-state index contributed by atoms with van der Waals surface area (Å²) in [5.41, 5.74) is 0.775. The lowest BCUT2D eigenvalue weighted by Gasteiger charge is -2.27. The van der Waals surface area contributed by atoms with Crippen LogP contribution in [0.3, 0.4) is 0 Å². The van der Waals surface area contributed by atoms with Gasteiger partial charge in [0.25, 0.3) is 0 Å². The molecule has 0 amide bonds. The fourth-order valence-electron chi connectivity index (χ4n) is 2.69. The summed E-state index contributed by atoms with van der Waals surface area (Å²) in [7, 11) is 0. The molecule has 1 aliphatic heterocycles. The molecular formula is C19H19N5O2. The Morgan fingerprint density at radius 2 is 1.73 bits per heavy atom. The maximum absolute atomic E-state index is 5.96. The molecule has 2 heterocycles. The van der Waals surface area contributed by atoms with Crippen molar-refractivity contribution in [2.75, 3.05) is 36.5 Å². The van der Waals surface area contributed by atoms with E-state index in [4.69, 9.17) is 9.47 Å². The minimum atomic E-state index is 0.429. The molecule has 0 unspecified atom stereocenters. The average molecular weight is 349 g/mol. The molecule has 1 aromatic heterocycles. The second-order valence-electron chi connectivity index (χ2n) is 5.77. The number of aromatic nitrogens is 3. The second kappa shape index (κ2) is 7.79. The summed E-state index contributed by atoms with van der Waals surface area (Å²) in [6, 6.07) is 17.3. The summed E-state index contributed by atoms with van der Waals surface area (Å²) < 4.78 is 11.3. The van der Waals surface area contributed by atoms with Crippen molar-refractivity contribution in [3.8, 4) is 11.5 Å². The molecule has 4 rings (SSSR count). The minimum absolute atomic E-state index is 0.429. The Hall–Kier alpha value is -3.19. The first kappa shape index (κ1) is 16.3. The first-order chi connectivity index (χ1) is 12.9. The van der Waals surface area contributed by atoms with Crippen LogP contribution in [0.25, 0.3) is 0 Å². The predicted octanol–water partition coefficient (Wildman–Crippen LogP) is 3.24. The second-order valence-corrected chi connectivity index (χ2v) is 5.77. The number of anilines is 3. The number of hydrogen-bond acceptors (Lipinski definition) is 7. The molecule has 26 heavy (non-hydrogen) atoms. The van der Waals surface area contributed by atoms with Crippen LogP contribution in [0, 0.1) is 0 Å². The highest BCUT2D eigenvalue weighted by molar-refractivity contribution is 5.63. The van der Waals surface area contributed by atoms with Gasteiger partial charge in [-0.1, -0.05) is 30.3 Å². The molecule has 132 valence electrons. The Labute approximate surface area is 151 Å². The molecule has 0 atom stereocenters. The lowest BCUT2D eigenvalue weighted by molar-refractivity contribution is 0.122. The van der Waals surface area contributed by atoms with Crippen molar-refractivity contribution in [3.63, 3.8) is 0 Å². The topological polar surface area (TPSA) is 72.4 Å². The third-order valence-electron chi connectivity index (χ3n) is 3.99. The van der Waals surface area contributed by atoms with Gasteiger partial charge in [0.05, 0.1) is 25.1 Å². The van der Waals surface area contributed by atoms with Crippen LogP contribution in [0.5, 0.6) is 11.5 Å². The van der Waals surface area contributed by atoms with Gasteiger partial charge < -0.3 is 19.7 Å². The van der Waals surface area contributed by atoms with E-state index in [1.54, 1.807) is 6.20 Å². The van der Waals surface area contributed by atoms with Gasteiger partial charge in [-0.3, -0.25) is 0 Å². The molecule has 1 N–H and O–H groups in total. The van der Waals surface area contributed by atoms with E-state index < -0.39 is 0 Å². The van der Waals surface area contributed by atoms with E-state index in [1.807, 2.05) is 54.6 Å². The van der Waals surface area contributed by atoms with Crippen molar-refractivity contribution in [2.24, 2.45) is 0 Å². The summed E-state index contributed by atoms with van der Waals surface area (Å²) in [4.78, 5) is 6.70. The smallest absolute Gasteiger partial charge is 0.249 e. The molecule has 1 fully saturated rings. The molecule has 3 aromatic rings. The molecule has 1 aliphatic rings. The van der Waals surface area contributed by atoms with E-state index in [9.17, 15) is 0 Å². The van der Waals surface area contributed by atoms with Gasteiger partial charge in [-0.15, -0.1) is 5.10 Å². The van der Waals surface area contributed by atoms with E-state index in [1.165, 1.54) is 0 Å². The summed E-state index contributed by atoms with van der Waals surface area (Å²) in [5.74, 6) is 2.67. The lowest BCUT2D eigenvalue weighted by atomic mass is 10.3. The molecule has 7 heteroatoms. The number of nitrogens with one attached hydrogen (secondary N) is 1. The molecule has 0 spiro atoms. The third-order valence-corrected chi connectivity index (χ3v) is 3.99. The van der Waals surface area contributed by atoms with E-state index >= 15 is 0 Å². The Kier molecular flexibility index (Phi) is 4.88. The van der Waals surface area contributed by atoms with E-state index in [0.717, 1.165) is 30.3 Å². The Morgan fingerprint density at radius 1 is 0.962 bits per heavy atom. The van der Waals surface area contributed by atoms with Crippen LogP contribution in [-0.4, -0.2) is 41.5 Å². The highest BCUT2D eigenvalue weighted by Gasteiger charge is 2.14. The molecule has 7 nitrogen and oxygen atoms in total. The quantitative estimate of drug-likeness (QED) is 0.758. The zero-order valence-corrected chi connectivity index (χ0v) is 14.2. The minimum Gasteiger partial charge on any atom is -0.455 e. The fourth-order valence-corrected chi connectivity index (χ4v) is 2.69. The summed E-state index contributed by atoms with van der Waals surface area (Å²) in [6.07, 6.45) is 1.67. The predicted molar refractivity (Wildman–Crippen MR) is 99.1 cm³/mol. The third kappa shape index (κ3) is 3.89. The zero-order valence-electron chi connectivity index (χ0n) is 14.2. The van der Waals surface area contributed by atoms with Crippen molar-refractivity contribution in [1.82, 2.24) is 15.2 Å². The van der Waals surface area contributed by atoms with Crippen LogP contribution in [0.2, 0.25) is 0 Å². The van der Waals surface area contributed by atoms with Gasteiger partial charge in [0.15, 0.2) is 11.6 Å². The monoisotopic (exact) mass is 349 g/mol. The van der Waals surface area contributed by atoms with Crippen LogP contribution in [0.15, 0.2) is 60.8 Å². The maximum Gasteiger partial charge on any atom is 0.249 e. The van der Waals surface area contributed by atoms with Crippen LogP contribution >= 0.6 is 0 Å². The molecule has 0 aliphatic carbocycles. The molecule has 1 saturated heterocycles. The maximum atomic E-state index is 5.96. The molecule has 0 radical (unpaired) electrons. The Bertz CT molecular complexity index is 853. The van der Waals surface area contributed by atoms with Gasteiger partial charge in [-0.05, 0) is 24.3 Å². The van der Waals surface area contributed by atoms with Crippen LogP contribution < -0.4 is 15.0 Å². The SMILES string of the molecule is c1ccc(Oc2ccccc2Nc2nncc(N3CCOCC3)n2)cc1. The fraction of sp³-hybridized carbons (Fsp3) is 0.211. The largest absolute Gasteiger partial charge is 0.455 e. The number of nitrogens with zero attached hydrogens (tertiary/aromatic N) is 4. The highest BCUT2D eigenvalue weighted by Crippen LogP contribution is 2.30. The summed E-state index contributed by atoms with van der Waals surface area (Å²) in [5, 5.41) is 11.4. The number of morpholine rings is 1. The van der Waals surface area contributed by atoms with Crippen LogP contribution in [0.1, 0.15) is 0 Å². The molecule has 0 bridgehead atoms. The number of hydrogen-bond donors (Lipinski definition) is 1. The van der Waals surface area contributed by atoms with Crippen molar-refractivity contribution < 1.29 is 9.47 Å². The lowest BCUT2D eigenvalue weighted by Crippen LogP contribution is -2.37. The molecule has 2 aromatic carbocycles. The molecule has 0 saturated carbocycles. The van der Waals surface area contributed by atoms with Gasteiger partial charge in [0, 0.05) is 13.1 Å². The van der Waals surface area contributed by atoms with E-state index in [-0.39, 0.29) is 0 Å². The zero-order chi connectivity index (χ0) is 17.6. The first-order valence-electron chi connectivity index (χ1n) is 8.50. The number of ether oxygens (including phenoxy) is 2. The Morgan fingerprint density at radius 3 is 2.58 bits per heavy atom. The normalized spacial score (nSPS) is 14.1. The molecular weight excluding hydrogens is 330 g/mol. The Balaban J connectivity index is 1.54. The average Bonchev–Trinajstić information content (AvgIpc) is 2.71. The number of para-hydroxylation sites is 3. The van der Waals surface area contributed by atoms with Crippen molar-refractivity contribution in [1.29, 1.82) is 0 Å². The summed E-state index contributed by atoms with van der Waals surface area (Å²) >= 11 is 0. The standard InChI is InChI=1S/C19H19N5O2/c1-2-6-15(7-3-1)26-17-9-5-4-8-16(17)21-19-22-18(14-20-23-19)24-10-12-25-13-11-24/h1-9,14H,10-13H2,(H,21,22,23). The van der Waals surface area contributed by atoms with Gasteiger partial charge >= 0.3 is 0 Å². The van der Waals surface area contributed by atoms with Gasteiger partial charge in [0.1, 0.15) is 5.75 Å². The first-order valence-corrected chi connectivity index (χ1v) is 8.50. The van der Waals surface area contributed by atoms with Gasteiger partial charge in [-0.25, -0.2) is 0 Å². The summed E-state index contributed by atoms with van der Waals surface area (Å²) in [6.45, 7) is 2.98. The van der Waals surface area contributed by atoms with E-state index in [2.05, 4.69) is 25.4 Å². The van der Waals surface area contributed by atoms with Crippen molar-refractivity contribution >= 4 is 17.5 Å². The van der Waals surface area contributed by atoms with Gasteiger partial charge in [-0.2, -0.15) is 10.1 Å². The van der Waals surface area contributed by atoms with E-state index in [0.29, 0.717) is 24.9 Å². The highest BCUT2D eigenvalue weighted by atomic mass is 16.5. The van der Waals surface area contributed by atoms with Gasteiger partial charge in [0.2, 0.25) is 5.95 Å². The number of benzene rings is 2. The van der Waals surface area contributed by atoms with Crippen molar-refractivity contribution in [2.45, 2.75) is 0 Å². The van der Waals surface area contributed by atoms with Crippen molar-refractivity contribution in [3.05, 3.63) is 60.8 Å². The number of rotatable bonds is 5. The van der Waals surface area contributed by atoms with Crippen LogP contribution in [0.4, 0.5) is 17.5 Å².